The van der Waals surface area contributed by atoms with E-state index < -0.39 is 0 Å². The Kier molecular flexibility index (Phi) is 2.14. The van der Waals surface area contributed by atoms with E-state index in [-0.39, 0.29) is 12.2 Å². The van der Waals surface area contributed by atoms with Crippen molar-refractivity contribution >= 4 is 22.5 Å². The van der Waals surface area contributed by atoms with Crippen LogP contribution in [0, 0.1) is 17.1 Å². The van der Waals surface area contributed by atoms with Crippen molar-refractivity contribution in [2.75, 3.05) is 0 Å². The zero-order valence-electron chi connectivity index (χ0n) is 7.14. The molecule has 14 heavy (non-hydrogen) atoms. The smallest absolute Gasteiger partial charge is 0.125 e. The van der Waals surface area contributed by atoms with Gasteiger partial charge in [-0.3, -0.25) is 0 Å². The molecule has 0 aliphatic carbocycles. The van der Waals surface area contributed by atoms with Crippen molar-refractivity contribution in [3.05, 3.63) is 34.7 Å². The molecule has 2 rings (SSSR count). The molecular formula is C10H6ClFN2. The molecule has 0 saturated heterocycles. The lowest BCUT2D eigenvalue weighted by atomic mass is 10.1. The average molecular weight is 209 g/mol. The fraction of sp³-hybridized carbons (Fsp3) is 0.100. The Morgan fingerprint density at radius 1 is 1.50 bits per heavy atom. The maximum Gasteiger partial charge on any atom is 0.125 e. The van der Waals surface area contributed by atoms with E-state index in [9.17, 15) is 4.39 Å². The van der Waals surface area contributed by atoms with Crippen LogP contribution in [0.2, 0.25) is 5.02 Å². The van der Waals surface area contributed by atoms with E-state index in [0.717, 1.165) is 5.56 Å². The van der Waals surface area contributed by atoms with Gasteiger partial charge in [0.25, 0.3) is 0 Å². The minimum Gasteiger partial charge on any atom is -0.360 e. The number of hydrogen-bond acceptors (Lipinski definition) is 1. The monoisotopic (exact) mass is 208 g/mol. The van der Waals surface area contributed by atoms with Crippen molar-refractivity contribution in [1.29, 1.82) is 5.26 Å². The lowest BCUT2D eigenvalue weighted by Crippen LogP contribution is -1.80. The predicted octanol–water partition coefficient (Wildman–Crippen LogP) is 3.03. The summed E-state index contributed by atoms with van der Waals surface area (Å²) in [6.45, 7) is 0. The number of fused-ring (bicyclic) bond motifs is 1. The molecule has 0 unspecified atom stereocenters. The van der Waals surface area contributed by atoms with E-state index in [4.69, 9.17) is 16.9 Å². The number of benzene rings is 1. The Hall–Kier alpha value is -1.53. The molecule has 0 aliphatic heterocycles. The number of aromatic nitrogens is 1. The zero-order valence-corrected chi connectivity index (χ0v) is 7.90. The Morgan fingerprint density at radius 2 is 2.29 bits per heavy atom. The van der Waals surface area contributed by atoms with E-state index in [1.807, 2.05) is 6.07 Å². The summed E-state index contributed by atoms with van der Waals surface area (Å²) in [5, 5.41) is 9.56. The summed E-state index contributed by atoms with van der Waals surface area (Å²) in [4.78, 5) is 2.92. The molecule has 0 spiro atoms. The second-order valence-corrected chi connectivity index (χ2v) is 3.37. The van der Waals surface area contributed by atoms with Gasteiger partial charge in [0, 0.05) is 11.6 Å². The van der Waals surface area contributed by atoms with Crippen LogP contribution in [0.4, 0.5) is 4.39 Å². The molecule has 0 bridgehead atoms. The number of aromatic amines is 1. The van der Waals surface area contributed by atoms with Crippen LogP contribution in [0.5, 0.6) is 0 Å². The number of halogens is 2. The van der Waals surface area contributed by atoms with Crippen molar-refractivity contribution in [3.63, 3.8) is 0 Å². The summed E-state index contributed by atoms with van der Waals surface area (Å²) in [6.07, 6.45) is 1.93. The Balaban J connectivity index is 2.73. The van der Waals surface area contributed by atoms with Gasteiger partial charge in [-0.05, 0) is 17.7 Å². The van der Waals surface area contributed by atoms with Crippen LogP contribution in [-0.4, -0.2) is 4.98 Å². The first-order valence-electron chi connectivity index (χ1n) is 4.04. The first-order valence-corrected chi connectivity index (χ1v) is 4.42. The SMILES string of the molecule is N#CCc1c[nH]c2c(Cl)cc(F)cc12. The lowest BCUT2D eigenvalue weighted by molar-refractivity contribution is 0.629. The van der Waals surface area contributed by atoms with Crippen LogP contribution in [0.25, 0.3) is 10.9 Å². The van der Waals surface area contributed by atoms with Gasteiger partial charge in [0.1, 0.15) is 5.82 Å². The molecule has 0 saturated carbocycles. The fourth-order valence-electron chi connectivity index (χ4n) is 1.44. The molecule has 1 aromatic heterocycles. The van der Waals surface area contributed by atoms with Crippen LogP contribution < -0.4 is 0 Å². The van der Waals surface area contributed by atoms with E-state index in [1.54, 1.807) is 6.20 Å². The quantitative estimate of drug-likeness (QED) is 0.769. The zero-order chi connectivity index (χ0) is 10.1. The Labute approximate surface area is 84.9 Å². The molecule has 2 aromatic rings. The standard InChI is InChI=1S/C10H6ClFN2/c11-9-4-7(12)3-8-6(1-2-13)5-14-10(8)9/h3-5,14H,1H2. The summed E-state index contributed by atoms with van der Waals surface area (Å²) in [6, 6.07) is 4.64. The maximum absolute atomic E-state index is 13.0. The van der Waals surface area contributed by atoms with Crippen molar-refractivity contribution < 1.29 is 4.39 Å². The normalized spacial score (nSPS) is 10.4. The third-order valence-corrected chi connectivity index (χ3v) is 2.36. The summed E-state index contributed by atoms with van der Waals surface area (Å²) in [5.74, 6) is -0.388. The molecule has 0 aliphatic rings. The van der Waals surface area contributed by atoms with Crippen LogP contribution in [-0.2, 0) is 6.42 Å². The van der Waals surface area contributed by atoms with Crippen molar-refractivity contribution in [2.45, 2.75) is 6.42 Å². The minimum absolute atomic E-state index is 0.250. The molecule has 1 heterocycles. The lowest BCUT2D eigenvalue weighted by Gasteiger charge is -1.96. The van der Waals surface area contributed by atoms with E-state index in [2.05, 4.69) is 4.98 Å². The predicted molar refractivity (Wildman–Crippen MR) is 52.6 cm³/mol. The highest BCUT2D eigenvalue weighted by Crippen LogP contribution is 2.26. The minimum atomic E-state index is -0.388. The number of nitrogens with zero attached hydrogens (tertiary/aromatic N) is 1. The van der Waals surface area contributed by atoms with E-state index >= 15 is 0 Å². The fourth-order valence-corrected chi connectivity index (χ4v) is 1.70. The largest absolute Gasteiger partial charge is 0.360 e. The van der Waals surface area contributed by atoms with Gasteiger partial charge < -0.3 is 4.98 Å². The van der Waals surface area contributed by atoms with Gasteiger partial charge >= 0.3 is 0 Å². The van der Waals surface area contributed by atoms with Gasteiger partial charge in [-0.25, -0.2) is 4.39 Å². The van der Waals surface area contributed by atoms with Crippen molar-refractivity contribution in [2.24, 2.45) is 0 Å². The third-order valence-electron chi connectivity index (χ3n) is 2.06. The first kappa shape index (κ1) is 9.04. The number of rotatable bonds is 1. The highest BCUT2D eigenvalue weighted by molar-refractivity contribution is 6.35. The molecule has 0 fully saturated rings. The molecule has 4 heteroatoms. The number of nitrogens with one attached hydrogen (secondary N) is 1. The molecular weight excluding hydrogens is 203 g/mol. The summed E-state index contributed by atoms with van der Waals surface area (Å²) in [7, 11) is 0. The summed E-state index contributed by atoms with van der Waals surface area (Å²) < 4.78 is 13.0. The summed E-state index contributed by atoms with van der Waals surface area (Å²) in [5.41, 5.74) is 1.45. The van der Waals surface area contributed by atoms with Crippen molar-refractivity contribution in [1.82, 2.24) is 4.98 Å². The molecule has 0 atom stereocenters. The molecule has 0 radical (unpaired) electrons. The molecule has 2 nitrogen and oxygen atoms in total. The highest BCUT2D eigenvalue weighted by atomic mass is 35.5. The topological polar surface area (TPSA) is 39.6 Å². The van der Waals surface area contributed by atoms with E-state index in [1.165, 1.54) is 12.1 Å². The number of hydrogen-bond donors (Lipinski definition) is 1. The second-order valence-electron chi connectivity index (χ2n) is 2.96. The highest BCUT2D eigenvalue weighted by Gasteiger charge is 2.08. The van der Waals surface area contributed by atoms with Gasteiger partial charge in [0.2, 0.25) is 0 Å². The van der Waals surface area contributed by atoms with Crippen LogP contribution in [0.3, 0.4) is 0 Å². The maximum atomic E-state index is 13.0. The number of H-pyrrole nitrogens is 1. The van der Waals surface area contributed by atoms with Gasteiger partial charge in [0.05, 0.1) is 23.0 Å². The van der Waals surface area contributed by atoms with E-state index in [0.29, 0.717) is 15.9 Å². The number of nitriles is 1. The summed E-state index contributed by atoms with van der Waals surface area (Å²) >= 11 is 5.82. The molecule has 1 aromatic carbocycles. The van der Waals surface area contributed by atoms with Gasteiger partial charge in [0.15, 0.2) is 0 Å². The average Bonchev–Trinajstić information content (AvgIpc) is 2.49. The molecule has 0 amide bonds. The van der Waals surface area contributed by atoms with Gasteiger partial charge in [-0.2, -0.15) is 5.26 Å². The third kappa shape index (κ3) is 1.34. The van der Waals surface area contributed by atoms with Crippen LogP contribution in [0.1, 0.15) is 5.56 Å². The Bertz CT molecular complexity index is 525. The van der Waals surface area contributed by atoms with Crippen LogP contribution in [0.15, 0.2) is 18.3 Å². The first-order chi connectivity index (χ1) is 6.72. The van der Waals surface area contributed by atoms with Gasteiger partial charge in [-0.15, -0.1) is 0 Å². The molecule has 70 valence electrons. The van der Waals surface area contributed by atoms with Crippen molar-refractivity contribution in [3.8, 4) is 6.07 Å². The second kappa shape index (κ2) is 3.32. The van der Waals surface area contributed by atoms with Gasteiger partial charge in [-0.1, -0.05) is 11.6 Å². The molecule has 1 N–H and O–H groups in total. The van der Waals surface area contributed by atoms with Crippen LogP contribution >= 0.6 is 11.6 Å². The Morgan fingerprint density at radius 3 is 3.00 bits per heavy atom.